The molecule has 1 heteroatoms. The molecule has 106 valence electrons. The number of fused-ring (bicyclic) bond motifs is 1. The highest BCUT2D eigenvalue weighted by Crippen LogP contribution is 2.23. The first-order chi connectivity index (χ1) is 9.81. The van der Waals surface area contributed by atoms with Crippen LogP contribution in [0.2, 0.25) is 0 Å². The van der Waals surface area contributed by atoms with Gasteiger partial charge in [0.2, 0.25) is 0 Å². The molecular formula is C19H23F. The van der Waals surface area contributed by atoms with Crippen LogP contribution in [-0.4, -0.2) is 0 Å². The van der Waals surface area contributed by atoms with Crippen molar-refractivity contribution in [1.29, 1.82) is 0 Å². The van der Waals surface area contributed by atoms with Crippen LogP contribution >= 0.6 is 0 Å². The molecule has 0 heterocycles. The predicted molar refractivity (Wildman–Crippen MR) is 86.4 cm³/mol. The van der Waals surface area contributed by atoms with Gasteiger partial charge < -0.3 is 0 Å². The molecule has 2 aromatic rings. The summed E-state index contributed by atoms with van der Waals surface area (Å²) in [5, 5.41) is 2.25. The Labute approximate surface area is 121 Å². The summed E-state index contributed by atoms with van der Waals surface area (Å²) < 4.78 is 14.1. The Morgan fingerprint density at radius 3 is 2.50 bits per heavy atom. The average Bonchev–Trinajstić information content (AvgIpc) is 2.50. The van der Waals surface area contributed by atoms with E-state index in [1.54, 1.807) is 6.08 Å². The van der Waals surface area contributed by atoms with Gasteiger partial charge in [0.05, 0.1) is 0 Å². The van der Waals surface area contributed by atoms with E-state index in [0.29, 0.717) is 5.56 Å². The summed E-state index contributed by atoms with van der Waals surface area (Å²) in [5.74, 6) is -0.0914. The monoisotopic (exact) mass is 270 g/mol. The number of hydrogen-bond donors (Lipinski definition) is 0. The van der Waals surface area contributed by atoms with Gasteiger partial charge in [-0.2, -0.15) is 0 Å². The van der Waals surface area contributed by atoms with Crippen LogP contribution in [0.5, 0.6) is 0 Å². The molecule has 0 nitrogen and oxygen atoms in total. The molecular weight excluding hydrogens is 247 g/mol. The van der Waals surface area contributed by atoms with Crippen LogP contribution in [0.3, 0.4) is 0 Å². The zero-order valence-corrected chi connectivity index (χ0v) is 12.2. The van der Waals surface area contributed by atoms with Crippen molar-refractivity contribution in [1.82, 2.24) is 0 Å². The Morgan fingerprint density at radius 2 is 1.70 bits per heavy atom. The van der Waals surface area contributed by atoms with Gasteiger partial charge >= 0.3 is 0 Å². The molecule has 0 aliphatic rings. The molecule has 0 saturated heterocycles. The number of benzene rings is 2. The molecule has 0 bridgehead atoms. The zero-order valence-electron chi connectivity index (χ0n) is 12.2. The van der Waals surface area contributed by atoms with Crippen LogP contribution in [0, 0.1) is 0 Å². The SMILES string of the molecule is CCCCCCC/C=C(/F)c1ccc2ccccc2c1. The van der Waals surface area contributed by atoms with Crippen molar-refractivity contribution in [3.63, 3.8) is 0 Å². The summed E-state index contributed by atoms with van der Waals surface area (Å²) in [6.07, 6.45) is 8.66. The molecule has 0 radical (unpaired) electrons. The number of unbranched alkanes of at least 4 members (excludes halogenated alkanes) is 5. The zero-order chi connectivity index (χ0) is 14.2. The standard InChI is InChI=1S/C19H23F/c1-2-3-4-5-6-7-12-19(20)18-14-13-16-10-8-9-11-17(16)15-18/h8-15H,2-7H2,1H3/b19-12+. The fourth-order valence-electron chi connectivity index (χ4n) is 2.43. The average molecular weight is 270 g/mol. The second kappa shape index (κ2) is 7.84. The highest BCUT2D eigenvalue weighted by atomic mass is 19.1. The van der Waals surface area contributed by atoms with Gasteiger partial charge in [-0.1, -0.05) is 69.0 Å². The van der Waals surface area contributed by atoms with E-state index < -0.39 is 0 Å². The number of hydrogen-bond acceptors (Lipinski definition) is 0. The highest BCUT2D eigenvalue weighted by molar-refractivity contribution is 5.85. The molecule has 0 saturated carbocycles. The molecule has 0 amide bonds. The third-order valence-corrected chi connectivity index (χ3v) is 3.66. The summed E-state index contributed by atoms with van der Waals surface area (Å²) in [6.45, 7) is 2.21. The van der Waals surface area contributed by atoms with E-state index in [9.17, 15) is 4.39 Å². The van der Waals surface area contributed by atoms with E-state index >= 15 is 0 Å². The minimum atomic E-state index is -0.0914. The molecule has 0 aliphatic carbocycles. The number of rotatable bonds is 7. The molecule has 20 heavy (non-hydrogen) atoms. The second-order valence-corrected chi connectivity index (χ2v) is 5.32. The lowest BCUT2D eigenvalue weighted by molar-refractivity contribution is 0.635. The lowest BCUT2D eigenvalue weighted by Crippen LogP contribution is -1.81. The molecule has 0 spiro atoms. The van der Waals surface area contributed by atoms with E-state index in [1.165, 1.54) is 25.7 Å². The highest BCUT2D eigenvalue weighted by Gasteiger charge is 2.01. The van der Waals surface area contributed by atoms with Gasteiger partial charge in [0.25, 0.3) is 0 Å². The topological polar surface area (TPSA) is 0 Å². The summed E-state index contributed by atoms with van der Waals surface area (Å²) in [6, 6.07) is 13.8. The van der Waals surface area contributed by atoms with Crippen LogP contribution in [0.15, 0.2) is 48.5 Å². The van der Waals surface area contributed by atoms with Crippen molar-refractivity contribution >= 4 is 16.6 Å². The molecule has 0 fully saturated rings. The second-order valence-electron chi connectivity index (χ2n) is 5.32. The molecule has 0 aromatic heterocycles. The fourth-order valence-corrected chi connectivity index (χ4v) is 2.43. The van der Waals surface area contributed by atoms with Crippen molar-refractivity contribution in [2.24, 2.45) is 0 Å². The maximum Gasteiger partial charge on any atom is 0.126 e. The Balaban J connectivity index is 1.94. The number of allylic oxidation sites excluding steroid dienone is 1. The lowest BCUT2D eigenvalue weighted by Gasteiger charge is -2.02. The Hall–Kier alpha value is -1.63. The van der Waals surface area contributed by atoms with Gasteiger partial charge in [-0.3, -0.25) is 0 Å². The lowest BCUT2D eigenvalue weighted by atomic mass is 10.1. The largest absolute Gasteiger partial charge is 0.207 e. The Kier molecular flexibility index (Phi) is 5.79. The molecule has 2 rings (SSSR count). The predicted octanol–water partition coefficient (Wildman–Crippen LogP) is 6.51. The van der Waals surface area contributed by atoms with Crippen molar-refractivity contribution in [2.75, 3.05) is 0 Å². The Bertz CT molecular complexity index is 569. The molecule has 2 aromatic carbocycles. The van der Waals surface area contributed by atoms with E-state index in [1.807, 2.05) is 36.4 Å². The smallest absolute Gasteiger partial charge is 0.126 e. The number of halogens is 1. The van der Waals surface area contributed by atoms with Crippen LogP contribution in [-0.2, 0) is 0 Å². The van der Waals surface area contributed by atoms with Gasteiger partial charge in [0.15, 0.2) is 0 Å². The van der Waals surface area contributed by atoms with Crippen molar-refractivity contribution in [2.45, 2.75) is 45.4 Å². The maximum absolute atomic E-state index is 14.1. The third kappa shape index (κ3) is 4.19. The molecule has 0 aliphatic heterocycles. The fraction of sp³-hybridized carbons (Fsp3) is 0.368. The normalized spacial score (nSPS) is 12.0. The Morgan fingerprint density at radius 1 is 0.950 bits per heavy atom. The van der Waals surface area contributed by atoms with Gasteiger partial charge in [-0.05, 0) is 35.8 Å². The van der Waals surface area contributed by atoms with E-state index in [-0.39, 0.29) is 5.83 Å². The third-order valence-electron chi connectivity index (χ3n) is 3.66. The molecule has 0 N–H and O–H groups in total. The van der Waals surface area contributed by atoms with E-state index in [0.717, 1.165) is 23.6 Å². The van der Waals surface area contributed by atoms with Gasteiger partial charge in [0, 0.05) is 5.56 Å². The molecule has 0 atom stereocenters. The van der Waals surface area contributed by atoms with Crippen molar-refractivity contribution in [3.05, 3.63) is 54.1 Å². The maximum atomic E-state index is 14.1. The van der Waals surface area contributed by atoms with Crippen LogP contribution in [0.4, 0.5) is 4.39 Å². The first-order valence-electron chi connectivity index (χ1n) is 7.66. The summed E-state index contributed by atoms with van der Waals surface area (Å²) in [4.78, 5) is 0. The van der Waals surface area contributed by atoms with Gasteiger partial charge in [0.1, 0.15) is 5.83 Å². The van der Waals surface area contributed by atoms with Gasteiger partial charge in [-0.15, -0.1) is 0 Å². The first-order valence-corrected chi connectivity index (χ1v) is 7.66. The first kappa shape index (κ1) is 14.8. The minimum Gasteiger partial charge on any atom is -0.207 e. The van der Waals surface area contributed by atoms with E-state index in [2.05, 4.69) is 13.0 Å². The summed E-state index contributed by atoms with van der Waals surface area (Å²) in [5.41, 5.74) is 0.692. The summed E-state index contributed by atoms with van der Waals surface area (Å²) >= 11 is 0. The van der Waals surface area contributed by atoms with Crippen LogP contribution in [0.25, 0.3) is 16.6 Å². The van der Waals surface area contributed by atoms with Gasteiger partial charge in [-0.25, -0.2) is 4.39 Å². The quantitative estimate of drug-likeness (QED) is 0.503. The molecule has 0 unspecified atom stereocenters. The van der Waals surface area contributed by atoms with Crippen LogP contribution < -0.4 is 0 Å². The van der Waals surface area contributed by atoms with Crippen molar-refractivity contribution < 1.29 is 4.39 Å². The van der Waals surface area contributed by atoms with Crippen LogP contribution in [0.1, 0.15) is 51.0 Å². The van der Waals surface area contributed by atoms with E-state index in [4.69, 9.17) is 0 Å². The minimum absolute atomic E-state index is 0.0914. The van der Waals surface area contributed by atoms with Crippen molar-refractivity contribution in [3.8, 4) is 0 Å². The summed E-state index contributed by atoms with van der Waals surface area (Å²) in [7, 11) is 0.